The summed E-state index contributed by atoms with van der Waals surface area (Å²) in [4.78, 5) is 21.7. The number of anilines is 1. The molecule has 33 heavy (non-hydrogen) atoms. The minimum Gasteiger partial charge on any atom is -0.308 e. The summed E-state index contributed by atoms with van der Waals surface area (Å²) >= 11 is 8.23. The van der Waals surface area contributed by atoms with E-state index in [1.165, 1.54) is 33.8 Å². The number of thiazole rings is 1. The van der Waals surface area contributed by atoms with Gasteiger partial charge in [-0.3, -0.25) is 9.69 Å². The van der Waals surface area contributed by atoms with Crippen molar-refractivity contribution in [2.24, 2.45) is 5.92 Å². The predicted octanol–water partition coefficient (Wildman–Crippen LogP) is 4.15. The van der Waals surface area contributed by atoms with Crippen LogP contribution in [0, 0.1) is 11.7 Å². The molecule has 0 unspecified atom stereocenters. The second-order valence-electron chi connectivity index (χ2n) is 8.14. The first-order chi connectivity index (χ1) is 15.6. The Balaban J connectivity index is 1.51. The molecule has 1 saturated heterocycles. The van der Waals surface area contributed by atoms with Gasteiger partial charge in [-0.1, -0.05) is 22.9 Å². The Morgan fingerprint density at radius 1 is 1.18 bits per heavy atom. The highest BCUT2D eigenvalue weighted by molar-refractivity contribution is 7.91. The number of halogens is 2. The van der Waals surface area contributed by atoms with Gasteiger partial charge in [-0.15, -0.1) is 11.3 Å². The molecule has 4 rings (SSSR count). The minimum atomic E-state index is -3.62. The number of benzene rings is 1. The summed E-state index contributed by atoms with van der Waals surface area (Å²) in [6.45, 7) is 1.62. The molecule has 1 fully saturated rings. The lowest BCUT2D eigenvalue weighted by molar-refractivity contribution is -0.123. The fourth-order valence-electron chi connectivity index (χ4n) is 3.73. The van der Waals surface area contributed by atoms with Crippen LogP contribution in [0.15, 0.2) is 34.5 Å². The van der Waals surface area contributed by atoms with Crippen LogP contribution >= 0.6 is 34.3 Å². The molecule has 1 aliphatic rings. The van der Waals surface area contributed by atoms with Crippen LogP contribution in [0.4, 0.5) is 9.52 Å². The van der Waals surface area contributed by atoms with Crippen LogP contribution in [-0.2, 0) is 14.8 Å². The molecular formula is C21H24ClFN4O3S3. The van der Waals surface area contributed by atoms with Gasteiger partial charge in [-0.25, -0.2) is 17.8 Å². The standard InChI is InChI=1S/C21H24ClFN4O3S3/c1-25(2)11-12-27(21-24-16-4-3-15(23)13-17(16)31-21)20(28)14-7-9-26(10-8-14)33(29,30)19-6-5-18(22)32-19/h3-6,13-14H,7-12H2,1-2H3. The molecule has 1 aromatic carbocycles. The van der Waals surface area contributed by atoms with Gasteiger partial charge >= 0.3 is 0 Å². The normalized spacial score (nSPS) is 16.0. The number of carbonyl (C=O) groups excluding carboxylic acids is 1. The van der Waals surface area contributed by atoms with Gasteiger partial charge < -0.3 is 4.90 Å². The van der Waals surface area contributed by atoms with E-state index in [4.69, 9.17) is 11.6 Å². The number of piperidine rings is 1. The zero-order valence-corrected chi connectivity index (χ0v) is 21.4. The van der Waals surface area contributed by atoms with Crippen molar-refractivity contribution in [2.75, 3.05) is 45.2 Å². The summed E-state index contributed by atoms with van der Waals surface area (Å²) in [5.74, 6) is -0.730. The smallest absolute Gasteiger partial charge is 0.252 e. The average molecular weight is 531 g/mol. The molecule has 12 heteroatoms. The third kappa shape index (κ3) is 5.39. The highest BCUT2D eigenvalue weighted by Crippen LogP contribution is 2.33. The molecule has 0 aliphatic carbocycles. The van der Waals surface area contributed by atoms with E-state index >= 15 is 0 Å². The number of nitrogens with zero attached hydrogens (tertiary/aromatic N) is 4. The Kier molecular flexibility index (Phi) is 7.37. The predicted molar refractivity (Wildman–Crippen MR) is 131 cm³/mol. The molecule has 0 atom stereocenters. The topological polar surface area (TPSA) is 73.8 Å². The number of amides is 1. The molecule has 7 nitrogen and oxygen atoms in total. The number of hydrogen-bond acceptors (Lipinski definition) is 7. The summed E-state index contributed by atoms with van der Waals surface area (Å²) in [6.07, 6.45) is 0.852. The van der Waals surface area contributed by atoms with E-state index in [-0.39, 0.29) is 34.9 Å². The molecular weight excluding hydrogens is 507 g/mol. The summed E-state index contributed by atoms with van der Waals surface area (Å²) in [7, 11) is 0.239. The number of aromatic nitrogens is 1. The Labute approximate surface area is 205 Å². The van der Waals surface area contributed by atoms with Crippen LogP contribution in [0.3, 0.4) is 0 Å². The van der Waals surface area contributed by atoms with Crippen LogP contribution in [0.1, 0.15) is 12.8 Å². The zero-order chi connectivity index (χ0) is 23.8. The molecule has 0 saturated carbocycles. The molecule has 0 bridgehead atoms. The van der Waals surface area contributed by atoms with E-state index < -0.39 is 10.0 Å². The summed E-state index contributed by atoms with van der Waals surface area (Å²) < 4.78 is 42.1. The number of rotatable bonds is 7. The maximum Gasteiger partial charge on any atom is 0.252 e. The molecule has 0 radical (unpaired) electrons. The van der Waals surface area contributed by atoms with E-state index in [1.807, 2.05) is 19.0 Å². The number of fused-ring (bicyclic) bond motifs is 1. The Hall–Kier alpha value is -1.63. The highest BCUT2D eigenvalue weighted by Gasteiger charge is 2.35. The number of hydrogen-bond donors (Lipinski definition) is 0. The van der Waals surface area contributed by atoms with Gasteiger partial charge in [-0.05, 0) is 57.3 Å². The van der Waals surface area contributed by atoms with Gasteiger partial charge in [0.25, 0.3) is 10.0 Å². The van der Waals surface area contributed by atoms with Crippen molar-refractivity contribution in [3.05, 3.63) is 40.5 Å². The first-order valence-electron chi connectivity index (χ1n) is 10.4. The lowest BCUT2D eigenvalue weighted by Gasteiger charge is -2.33. The Bertz CT molecular complexity index is 1250. The highest BCUT2D eigenvalue weighted by atomic mass is 35.5. The van der Waals surface area contributed by atoms with Crippen molar-refractivity contribution in [2.45, 2.75) is 17.1 Å². The summed E-state index contributed by atoms with van der Waals surface area (Å²) in [5, 5.41) is 0.533. The van der Waals surface area contributed by atoms with Crippen molar-refractivity contribution >= 4 is 65.6 Å². The maximum absolute atomic E-state index is 13.6. The molecule has 3 heterocycles. The average Bonchev–Trinajstić information content (AvgIpc) is 3.40. The van der Waals surface area contributed by atoms with Crippen LogP contribution in [0.5, 0.6) is 0 Å². The van der Waals surface area contributed by atoms with E-state index in [9.17, 15) is 17.6 Å². The lowest BCUT2D eigenvalue weighted by Crippen LogP contribution is -2.45. The van der Waals surface area contributed by atoms with Gasteiger partial charge in [0.1, 0.15) is 10.0 Å². The molecule has 3 aromatic rings. The first-order valence-corrected chi connectivity index (χ1v) is 13.9. The van der Waals surface area contributed by atoms with Crippen LogP contribution in [0.25, 0.3) is 10.2 Å². The van der Waals surface area contributed by atoms with Crippen molar-refractivity contribution < 1.29 is 17.6 Å². The third-order valence-electron chi connectivity index (χ3n) is 5.55. The van der Waals surface area contributed by atoms with Gasteiger partial charge in [-0.2, -0.15) is 4.31 Å². The SMILES string of the molecule is CN(C)CCN(C(=O)C1CCN(S(=O)(=O)c2ccc(Cl)s2)CC1)c1nc2ccc(F)cc2s1. The quantitative estimate of drug-likeness (QED) is 0.459. The monoisotopic (exact) mass is 530 g/mol. The zero-order valence-electron chi connectivity index (χ0n) is 18.2. The fraction of sp³-hybridized carbons (Fsp3) is 0.429. The van der Waals surface area contributed by atoms with Gasteiger partial charge in [0.2, 0.25) is 5.91 Å². The Morgan fingerprint density at radius 2 is 1.91 bits per heavy atom. The van der Waals surface area contributed by atoms with Crippen molar-refractivity contribution in [1.29, 1.82) is 0 Å². The Morgan fingerprint density at radius 3 is 2.55 bits per heavy atom. The molecule has 0 spiro atoms. The summed E-state index contributed by atoms with van der Waals surface area (Å²) in [6, 6.07) is 7.47. The molecule has 1 aliphatic heterocycles. The maximum atomic E-state index is 13.6. The van der Waals surface area contributed by atoms with Gasteiger partial charge in [0.15, 0.2) is 5.13 Å². The van der Waals surface area contributed by atoms with Crippen molar-refractivity contribution in [1.82, 2.24) is 14.2 Å². The second-order valence-corrected chi connectivity index (χ2v) is 13.0. The first kappa shape index (κ1) is 24.5. The van der Waals surface area contributed by atoms with E-state index in [1.54, 1.807) is 17.0 Å². The van der Waals surface area contributed by atoms with E-state index in [0.29, 0.717) is 45.6 Å². The van der Waals surface area contributed by atoms with Gasteiger partial charge in [0.05, 0.1) is 14.6 Å². The molecule has 2 aromatic heterocycles. The van der Waals surface area contributed by atoms with Crippen LogP contribution in [0.2, 0.25) is 4.34 Å². The number of likely N-dealkylation sites (N-methyl/N-ethyl adjacent to an activating group) is 1. The van der Waals surface area contributed by atoms with E-state index in [0.717, 1.165) is 11.3 Å². The lowest BCUT2D eigenvalue weighted by atomic mass is 9.96. The molecule has 1 amide bonds. The number of sulfonamides is 1. The minimum absolute atomic E-state index is 0.0763. The van der Waals surface area contributed by atoms with Gasteiger partial charge in [0, 0.05) is 32.1 Å². The van der Waals surface area contributed by atoms with Crippen molar-refractivity contribution in [3.8, 4) is 0 Å². The largest absolute Gasteiger partial charge is 0.308 e. The number of carbonyl (C=O) groups is 1. The number of thiophene rings is 1. The second kappa shape index (κ2) is 9.93. The fourth-order valence-corrected chi connectivity index (χ4v) is 7.86. The third-order valence-corrected chi connectivity index (χ3v) is 10.2. The van der Waals surface area contributed by atoms with Crippen LogP contribution < -0.4 is 4.90 Å². The summed E-state index contributed by atoms with van der Waals surface area (Å²) in [5.41, 5.74) is 0.648. The molecule has 0 N–H and O–H groups in total. The molecule has 178 valence electrons. The van der Waals surface area contributed by atoms with Crippen LogP contribution in [-0.4, -0.2) is 68.8 Å². The van der Waals surface area contributed by atoms with E-state index in [2.05, 4.69) is 4.98 Å². The van der Waals surface area contributed by atoms with Crippen molar-refractivity contribution in [3.63, 3.8) is 0 Å².